The van der Waals surface area contributed by atoms with Gasteiger partial charge in [0.15, 0.2) is 0 Å². The van der Waals surface area contributed by atoms with E-state index in [0.29, 0.717) is 12.5 Å². The van der Waals surface area contributed by atoms with Gasteiger partial charge < -0.3 is 14.9 Å². The molecule has 108 valence electrons. The third-order valence-corrected chi connectivity index (χ3v) is 2.74. The van der Waals surface area contributed by atoms with Gasteiger partial charge in [-0.3, -0.25) is 14.4 Å². The van der Waals surface area contributed by atoms with Crippen molar-refractivity contribution in [1.82, 2.24) is 5.06 Å². The van der Waals surface area contributed by atoms with Crippen molar-refractivity contribution in [3.8, 4) is 0 Å². The fraction of sp³-hybridized carbons (Fsp3) is 0.727. The summed E-state index contributed by atoms with van der Waals surface area (Å²) >= 11 is 0. The molecule has 2 amide bonds. The van der Waals surface area contributed by atoms with Gasteiger partial charge in [-0.25, -0.2) is 4.79 Å². The number of aliphatic hydroxyl groups excluding tert-OH is 1. The Hall–Kier alpha value is -1.67. The Kier molecular flexibility index (Phi) is 6.23. The number of carbonyl (C=O) groups excluding carboxylic acids is 2. The fourth-order valence-electron chi connectivity index (χ4n) is 1.73. The van der Waals surface area contributed by atoms with Crippen molar-refractivity contribution >= 4 is 18.0 Å². The van der Waals surface area contributed by atoms with E-state index in [1.807, 2.05) is 0 Å². The van der Waals surface area contributed by atoms with Crippen LogP contribution in [0.5, 0.6) is 0 Å². The van der Waals surface area contributed by atoms with Crippen molar-refractivity contribution < 1.29 is 34.2 Å². The average Bonchev–Trinajstić information content (AvgIpc) is 2.95. The minimum Gasteiger partial charge on any atom is -0.448 e. The van der Waals surface area contributed by atoms with Crippen molar-refractivity contribution in [3.05, 3.63) is 0 Å². The second kappa shape index (κ2) is 7.70. The van der Waals surface area contributed by atoms with E-state index in [4.69, 9.17) is 14.9 Å². The number of hydrogen-bond acceptors (Lipinski definition) is 6. The molecule has 0 radical (unpaired) electrons. The van der Waals surface area contributed by atoms with E-state index < -0.39 is 18.0 Å². The van der Waals surface area contributed by atoms with Crippen LogP contribution < -0.4 is 0 Å². The summed E-state index contributed by atoms with van der Waals surface area (Å²) in [5.41, 5.74) is 0. The molecule has 0 spiro atoms. The highest BCUT2D eigenvalue weighted by atomic mass is 16.8. The van der Waals surface area contributed by atoms with E-state index in [1.54, 1.807) is 0 Å². The van der Waals surface area contributed by atoms with Gasteiger partial charge in [-0.1, -0.05) is 5.06 Å². The molecule has 8 heteroatoms. The van der Waals surface area contributed by atoms with Crippen LogP contribution in [-0.4, -0.2) is 53.1 Å². The number of hydroxylamine groups is 2. The first kappa shape index (κ1) is 15.4. The predicted molar refractivity (Wildman–Crippen MR) is 60.8 cm³/mol. The second-order valence-electron chi connectivity index (χ2n) is 4.18. The number of nitrogens with zero attached hydrogens (tertiary/aromatic N) is 1. The van der Waals surface area contributed by atoms with Crippen molar-refractivity contribution in [2.45, 2.75) is 25.7 Å². The van der Waals surface area contributed by atoms with Gasteiger partial charge in [0, 0.05) is 32.7 Å². The number of carboxylic acid groups (broad SMARTS) is 1. The molecule has 1 atom stereocenters. The molecule has 2 saturated heterocycles. The zero-order valence-electron chi connectivity index (χ0n) is 10.4. The Morgan fingerprint density at radius 1 is 1.37 bits per heavy atom. The van der Waals surface area contributed by atoms with Crippen LogP contribution in [0.25, 0.3) is 0 Å². The number of aliphatic hydroxyl groups is 1. The van der Waals surface area contributed by atoms with E-state index in [2.05, 4.69) is 4.84 Å². The average molecular weight is 275 g/mol. The number of hydrogen-bond donors (Lipinski definition) is 2. The third-order valence-electron chi connectivity index (χ3n) is 2.74. The Morgan fingerprint density at radius 3 is 2.42 bits per heavy atom. The maximum absolute atomic E-state index is 10.6. The summed E-state index contributed by atoms with van der Waals surface area (Å²) in [5.74, 6) is -0.588. The lowest BCUT2D eigenvalue weighted by Gasteiger charge is -2.08. The number of imide groups is 1. The zero-order valence-corrected chi connectivity index (χ0v) is 10.4. The Balaban J connectivity index is 0.000000200. The predicted octanol–water partition coefficient (Wildman–Crippen LogP) is 0.150. The molecule has 2 aliphatic rings. The lowest BCUT2D eigenvalue weighted by atomic mass is 10.1. The minimum absolute atomic E-state index is 0.0200. The van der Waals surface area contributed by atoms with Crippen LogP contribution in [0.1, 0.15) is 25.7 Å². The molecule has 2 fully saturated rings. The largest absolute Gasteiger partial charge is 0.531 e. The van der Waals surface area contributed by atoms with E-state index >= 15 is 0 Å². The standard InChI is InChI=1S/C6H12O2.C5H5NO5/c7-3-1-6-2-4-8-5-6;7-3-1-2-4(8)6(3)11-5(9)10/h6-7H,1-5H2;1-2H2,(H,9,10)/t6-;/m0./s1. The molecular formula is C11H17NO7. The zero-order chi connectivity index (χ0) is 14.3. The quantitative estimate of drug-likeness (QED) is 0.705. The molecule has 0 unspecified atom stereocenters. The summed E-state index contributed by atoms with van der Waals surface area (Å²) in [6, 6.07) is 0. The van der Waals surface area contributed by atoms with Gasteiger partial charge in [-0.15, -0.1) is 0 Å². The summed E-state index contributed by atoms with van der Waals surface area (Å²) in [6.07, 6.45) is 0.437. The van der Waals surface area contributed by atoms with Gasteiger partial charge in [0.2, 0.25) is 0 Å². The molecule has 2 aliphatic heterocycles. The fourth-order valence-corrected chi connectivity index (χ4v) is 1.73. The molecule has 0 aliphatic carbocycles. The molecule has 2 N–H and O–H groups in total. The summed E-state index contributed by atoms with van der Waals surface area (Å²) in [7, 11) is 0. The SMILES string of the molecule is O=C(O)ON1C(=O)CCC1=O.OCC[C@H]1CCOC1. The number of amides is 2. The summed E-state index contributed by atoms with van der Waals surface area (Å²) in [5, 5.41) is 16.8. The van der Waals surface area contributed by atoms with E-state index in [0.717, 1.165) is 26.1 Å². The Labute approximate surface area is 109 Å². The minimum atomic E-state index is -1.66. The Bertz CT molecular complexity index is 322. The van der Waals surface area contributed by atoms with Crippen molar-refractivity contribution in [1.29, 1.82) is 0 Å². The maximum Gasteiger partial charge on any atom is 0.531 e. The molecule has 0 saturated carbocycles. The number of rotatable bonds is 3. The monoisotopic (exact) mass is 275 g/mol. The van der Waals surface area contributed by atoms with Crippen molar-refractivity contribution in [3.63, 3.8) is 0 Å². The van der Waals surface area contributed by atoms with Crippen LogP contribution in [0.15, 0.2) is 0 Å². The van der Waals surface area contributed by atoms with Crippen LogP contribution in [0, 0.1) is 5.92 Å². The van der Waals surface area contributed by atoms with Gasteiger partial charge in [-0.2, -0.15) is 0 Å². The molecule has 2 heterocycles. The summed E-state index contributed by atoms with van der Waals surface area (Å²) in [6.45, 7) is 2.07. The molecule has 0 aromatic heterocycles. The van der Waals surface area contributed by atoms with E-state index in [-0.39, 0.29) is 17.9 Å². The van der Waals surface area contributed by atoms with E-state index in [9.17, 15) is 14.4 Å². The first-order valence-electron chi connectivity index (χ1n) is 6.00. The smallest absolute Gasteiger partial charge is 0.448 e. The normalized spacial score (nSPS) is 22.2. The van der Waals surface area contributed by atoms with Gasteiger partial charge >= 0.3 is 6.16 Å². The highest BCUT2D eigenvalue weighted by molar-refractivity contribution is 6.01. The highest BCUT2D eigenvalue weighted by Gasteiger charge is 2.32. The van der Waals surface area contributed by atoms with Crippen LogP contribution >= 0.6 is 0 Å². The molecule has 0 bridgehead atoms. The van der Waals surface area contributed by atoms with Crippen LogP contribution in [-0.2, 0) is 19.2 Å². The number of ether oxygens (including phenoxy) is 1. The summed E-state index contributed by atoms with van der Waals surface area (Å²) < 4.78 is 5.10. The third kappa shape index (κ3) is 5.23. The lowest BCUT2D eigenvalue weighted by molar-refractivity contribution is -0.175. The molecule has 0 aromatic rings. The lowest BCUT2D eigenvalue weighted by Crippen LogP contribution is -2.31. The summed E-state index contributed by atoms with van der Waals surface area (Å²) in [4.78, 5) is 35.0. The van der Waals surface area contributed by atoms with Gasteiger partial charge in [-0.05, 0) is 18.8 Å². The van der Waals surface area contributed by atoms with Gasteiger partial charge in [0.25, 0.3) is 11.8 Å². The maximum atomic E-state index is 10.6. The highest BCUT2D eigenvalue weighted by Crippen LogP contribution is 2.14. The van der Waals surface area contributed by atoms with Crippen LogP contribution in [0.2, 0.25) is 0 Å². The van der Waals surface area contributed by atoms with Gasteiger partial charge in [0.05, 0.1) is 0 Å². The molecule has 19 heavy (non-hydrogen) atoms. The van der Waals surface area contributed by atoms with Crippen molar-refractivity contribution in [2.75, 3.05) is 19.8 Å². The Morgan fingerprint density at radius 2 is 2.00 bits per heavy atom. The molecule has 2 rings (SSSR count). The topological polar surface area (TPSA) is 113 Å². The molecule has 0 aromatic carbocycles. The van der Waals surface area contributed by atoms with Crippen molar-refractivity contribution in [2.24, 2.45) is 5.92 Å². The second-order valence-corrected chi connectivity index (χ2v) is 4.18. The van der Waals surface area contributed by atoms with E-state index in [1.165, 1.54) is 0 Å². The first-order chi connectivity index (χ1) is 9.04. The first-order valence-corrected chi connectivity index (χ1v) is 6.00. The van der Waals surface area contributed by atoms with Crippen LogP contribution in [0.3, 0.4) is 0 Å². The molecule has 8 nitrogen and oxygen atoms in total. The van der Waals surface area contributed by atoms with Gasteiger partial charge in [0.1, 0.15) is 0 Å². The number of carbonyl (C=O) groups is 3. The molecular weight excluding hydrogens is 258 g/mol. The van der Waals surface area contributed by atoms with Crippen LogP contribution in [0.4, 0.5) is 4.79 Å².